The quantitative estimate of drug-likeness (QED) is 0.316. The fourth-order valence-corrected chi connectivity index (χ4v) is 3.83. The van der Waals surface area contributed by atoms with Gasteiger partial charge in [0.2, 0.25) is 0 Å². The van der Waals surface area contributed by atoms with Gasteiger partial charge in [-0.25, -0.2) is 0 Å². The monoisotopic (exact) mass is 439 g/mol. The second-order valence-electron chi connectivity index (χ2n) is 6.25. The summed E-state index contributed by atoms with van der Waals surface area (Å²) in [5.41, 5.74) is 1.34. The summed E-state index contributed by atoms with van der Waals surface area (Å²) in [6.45, 7) is 0.0951. The van der Waals surface area contributed by atoms with Gasteiger partial charge in [-0.3, -0.25) is 4.18 Å². The Morgan fingerprint density at radius 3 is 2.52 bits per heavy atom. The molecule has 4 nitrogen and oxygen atoms in total. The molecule has 2 aromatic carbocycles. The Morgan fingerprint density at radius 2 is 1.86 bits per heavy atom. The SMILES string of the molecule is CS(=O)(=O)OCCCC#Cc1ccc2c(-c3ccc(C(F)(F)F)cc3)nsc2c1. The fraction of sp³-hybridized carbons (Fsp3) is 0.250. The van der Waals surface area contributed by atoms with Gasteiger partial charge in [-0.1, -0.05) is 30.0 Å². The number of halogens is 3. The molecule has 9 heteroatoms. The van der Waals surface area contributed by atoms with Gasteiger partial charge in [0.15, 0.2) is 0 Å². The van der Waals surface area contributed by atoms with Crippen molar-refractivity contribution in [3.8, 4) is 23.1 Å². The van der Waals surface area contributed by atoms with Crippen molar-refractivity contribution in [3.63, 3.8) is 0 Å². The number of unbranched alkanes of at least 4 members (excludes halogenated alkanes) is 1. The number of rotatable bonds is 5. The highest BCUT2D eigenvalue weighted by atomic mass is 32.2. The van der Waals surface area contributed by atoms with Gasteiger partial charge in [-0.15, -0.1) is 0 Å². The third-order valence-corrected chi connectivity index (χ3v) is 5.34. The lowest BCUT2D eigenvalue weighted by Crippen LogP contribution is -2.03. The number of alkyl halides is 3. The summed E-state index contributed by atoms with van der Waals surface area (Å²) in [6, 6.07) is 10.5. The van der Waals surface area contributed by atoms with Gasteiger partial charge in [-0.2, -0.15) is 26.0 Å². The fourth-order valence-electron chi connectivity index (χ4n) is 2.58. The van der Waals surface area contributed by atoms with Crippen LogP contribution in [-0.2, 0) is 20.5 Å². The maximum Gasteiger partial charge on any atom is 0.416 e. The lowest BCUT2D eigenvalue weighted by Gasteiger charge is -2.06. The maximum atomic E-state index is 12.7. The van der Waals surface area contributed by atoms with E-state index in [1.54, 1.807) is 0 Å². The van der Waals surface area contributed by atoms with E-state index in [-0.39, 0.29) is 6.61 Å². The molecule has 29 heavy (non-hydrogen) atoms. The van der Waals surface area contributed by atoms with Gasteiger partial charge in [0, 0.05) is 22.9 Å². The Kier molecular flexibility index (Phi) is 6.27. The van der Waals surface area contributed by atoms with Crippen molar-refractivity contribution in [2.24, 2.45) is 0 Å². The van der Waals surface area contributed by atoms with Crippen molar-refractivity contribution in [1.82, 2.24) is 4.37 Å². The van der Waals surface area contributed by atoms with Gasteiger partial charge >= 0.3 is 6.18 Å². The van der Waals surface area contributed by atoms with Crippen LogP contribution in [0.4, 0.5) is 13.2 Å². The normalized spacial score (nSPS) is 12.0. The minimum absolute atomic E-state index is 0.0951. The minimum Gasteiger partial charge on any atom is -0.270 e. The van der Waals surface area contributed by atoms with Gasteiger partial charge in [0.25, 0.3) is 10.1 Å². The Morgan fingerprint density at radius 1 is 1.14 bits per heavy atom. The average molecular weight is 439 g/mol. The van der Waals surface area contributed by atoms with Crippen LogP contribution in [0.25, 0.3) is 21.3 Å². The molecule has 0 atom stereocenters. The number of hydrogen-bond donors (Lipinski definition) is 0. The van der Waals surface area contributed by atoms with E-state index in [0.717, 1.165) is 34.0 Å². The summed E-state index contributed by atoms with van der Waals surface area (Å²) in [5, 5.41) is 0.849. The minimum atomic E-state index is -4.37. The largest absolute Gasteiger partial charge is 0.416 e. The Labute approximate surface area is 170 Å². The highest BCUT2D eigenvalue weighted by molar-refractivity contribution is 7.85. The molecule has 0 radical (unpaired) electrons. The zero-order valence-corrected chi connectivity index (χ0v) is 16.9. The van der Waals surface area contributed by atoms with Crippen molar-refractivity contribution in [2.75, 3.05) is 12.9 Å². The van der Waals surface area contributed by atoms with Crippen LogP contribution in [0.2, 0.25) is 0 Å². The Hall–Kier alpha value is -2.41. The topological polar surface area (TPSA) is 56.3 Å². The summed E-state index contributed by atoms with van der Waals surface area (Å²) in [5.74, 6) is 5.97. The summed E-state index contributed by atoms with van der Waals surface area (Å²) < 4.78 is 69.8. The van der Waals surface area contributed by atoms with Crippen molar-refractivity contribution in [1.29, 1.82) is 0 Å². The smallest absolute Gasteiger partial charge is 0.270 e. The summed E-state index contributed by atoms with van der Waals surface area (Å²) >= 11 is 1.26. The molecule has 0 saturated carbocycles. The van der Waals surface area contributed by atoms with Crippen molar-refractivity contribution in [2.45, 2.75) is 19.0 Å². The van der Waals surface area contributed by atoms with Crippen LogP contribution in [0.5, 0.6) is 0 Å². The molecular weight excluding hydrogens is 423 g/mol. The average Bonchev–Trinajstić information content (AvgIpc) is 3.06. The van der Waals surface area contributed by atoms with Crippen LogP contribution in [-0.4, -0.2) is 25.7 Å². The molecule has 0 aliphatic heterocycles. The van der Waals surface area contributed by atoms with Crippen LogP contribution in [0, 0.1) is 11.8 Å². The van der Waals surface area contributed by atoms with Gasteiger partial charge in [0.1, 0.15) is 0 Å². The maximum absolute atomic E-state index is 12.7. The second-order valence-corrected chi connectivity index (χ2v) is 8.70. The Balaban J connectivity index is 1.71. The first-order chi connectivity index (χ1) is 13.6. The van der Waals surface area contributed by atoms with Gasteiger partial charge in [-0.05, 0) is 42.2 Å². The number of aromatic nitrogens is 1. The number of hydrogen-bond acceptors (Lipinski definition) is 5. The zero-order valence-electron chi connectivity index (χ0n) is 15.3. The molecule has 0 unspecified atom stereocenters. The summed E-state index contributed by atoms with van der Waals surface area (Å²) in [7, 11) is -3.43. The molecule has 1 aromatic heterocycles. The van der Waals surface area contributed by atoms with E-state index in [4.69, 9.17) is 0 Å². The van der Waals surface area contributed by atoms with Gasteiger partial charge < -0.3 is 0 Å². The van der Waals surface area contributed by atoms with Crippen molar-refractivity contribution < 1.29 is 25.8 Å². The van der Waals surface area contributed by atoms with Crippen molar-refractivity contribution in [3.05, 3.63) is 53.6 Å². The van der Waals surface area contributed by atoms with Crippen LogP contribution in [0.3, 0.4) is 0 Å². The first-order valence-corrected chi connectivity index (χ1v) is 11.1. The third kappa shape index (κ3) is 5.79. The van der Waals surface area contributed by atoms with E-state index >= 15 is 0 Å². The lowest BCUT2D eigenvalue weighted by molar-refractivity contribution is -0.137. The zero-order chi connectivity index (χ0) is 21.1. The van der Waals surface area contributed by atoms with E-state index in [0.29, 0.717) is 24.1 Å². The standard InChI is InChI=1S/C20H16F3NO3S2/c1-29(25,26)27-12-4-2-3-5-14-6-11-17-18(13-14)28-24-19(17)15-7-9-16(10-8-15)20(21,22)23/h6-11,13H,2,4,12H2,1H3. The highest BCUT2D eigenvalue weighted by Crippen LogP contribution is 2.34. The predicted octanol–water partition coefficient (Wildman–Crippen LogP) is 5.09. The van der Waals surface area contributed by atoms with Crippen LogP contribution < -0.4 is 0 Å². The molecule has 0 spiro atoms. The molecule has 0 saturated heterocycles. The predicted molar refractivity (Wildman–Crippen MR) is 107 cm³/mol. The lowest BCUT2D eigenvalue weighted by atomic mass is 10.0. The number of fused-ring (bicyclic) bond motifs is 1. The molecule has 0 aliphatic rings. The number of nitrogens with zero attached hydrogens (tertiary/aromatic N) is 1. The first-order valence-electron chi connectivity index (χ1n) is 8.54. The van der Waals surface area contributed by atoms with Crippen LogP contribution >= 0.6 is 11.5 Å². The summed E-state index contributed by atoms with van der Waals surface area (Å²) in [4.78, 5) is 0. The molecule has 0 N–H and O–H groups in total. The van der Waals surface area contributed by atoms with Crippen LogP contribution in [0.15, 0.2) is 42.5 Å². The van der Waals surface area contributed by atoms with E-state index in [2.05, 4.69) is 20.4 Å². The molecule has 0 amide bonds. The molecule has 0 bridgehead atoms. The molecule has 0 fully saturated rings. The molecule has 152 valence electrons. The molecule has 1 heterocycles. The second kappa shape index (κ2) is 8.53. The number of benzene rings is 2. The molecule has 3 rings (SSSR count). The van der Waals surface area contributed by atoms with E-state index in [9.17, 15) is 21.6 Å². The highest BCUT2D eigenvalue weighted by Gasteiger charge is 2.30. The molecule has 0 aliphatic carbocycles. The van der Waals surface area contributed by atoms with E-state index < -0.39 is 21.9 Å². The molecule has 3 aromatic rings. The molecular formula is C20H16F3NO3S2. The third-order valence-electron chi connectivity index (χ3n) is 3.93. The Bertz CT molecular complexity index is 1170. The van der Waals surface area contributed by atoms with Gasteiger partial charge in [0.05, 0.1) is 28.8 Å². The van der Waals surface area contributed by atoms with Crippen LogP contribution in [0.1, 0.15) is 24.0 Å². The van der Waals surface area contributed by atoms with E-state index in [1.807, 2.05) is 18.2 Å². The summed E-state index contributed by atoms with van der Waals surface area (Å²) in [6.07, 6.45) is -2.37. The van der Waals surface area contributed by atoms with E-state index in [1.165, 1.54) is 23.7 Å². The van der Waals surface area contributed by atoms with Crippen molar-refractivity contribution >= 4 is 31.7 Å². The first kappa shape index (κ1) is 21.3.